The second kappa shape index (κ2) is 12.3. The van der Waals surface area contributed by atoms with Gasteiger partial charge in [0.15, 0.2) is 0 Å². The fourth-order valence-electron chi connectivity index (χ4n) is 1.73. The summed E-state index contributed by atoms with van der Waals surface area (Å²) in [5.41, 5.74) is -5.66. The van der Waals surface area contributed by atoms with E-state index >= 15 is 0 Å². The van der Waals surface area contributed by atoms with Crippen molar-refractivity contribution in [3.05, 3.63) is 0 Å². The average molecular weight is 457 g/mol. The fourth-order valence-corrected chi connectivity index (χ4v) is 12.7. The molecule has 0 aromatic rings. The van der Waals surface area contributed by atoms with Gasteiger partial charge in [-0.15, -0.1) is 0 Å². The molecule has 1 saturated heterocycles. The quantitative estimate of drug-likeness (QED) is 0.385. The molecule has 1 aliphatic rings. The van der Waals surface area contributed by atoms with Crippen molar-refractivity contribution >= 4 is 57.8 Å². The van der Waals surface area contributed by atoms with Gasteiger partial charge < -0.3 is 27.6 Å². The molecule has 0 N–H and O–H groups in total. The molecule has 24 heavy (non-hydrogen) atoms. The van der Waals surface area contributed by atoms with E-state index in [0.29, 0.717) is 39.6 Å². The third-order valence-corrected chi connectivity index (χ3v) is 13.5. The van der Waals surface area contributed by atoms with Crippen LogP contribution in [0, 0.1) is 0 Å². The minimum Gasteiger partial charge on any atom is -0.361 e. The first-order chi connectivity index (χ1) is 11.4. The van der Waals surface area contributed by atoms with Crippen LogP contribution in [0.2, 0.25) is 0 Å². The second-order valence-electron chi connectivity index (χ2n) is 4.25. The zero-order chi connectivity index (χ0) is 18.1. The first kappa shape index (κ1) is 23.8. The summed E-state index contributed by atoms with van der Waals surface area (Å²) >= 11 is 13.9. The molecule has 0 spiro atoms. The van der Waals surface area contributed by atoms with Gasteiger partial charge in [-0.3, -0.25) is 0 Å². The maximum atomic E-state index is 5.86. The van der Waals surface area contributed by atoms with E-state index in [2.05, 4.69) is 0 Å². The number of ether oxygens (including phenoxy) is 2. The summed E-state index contributed by atoms with van der Waals surface area (Å²) in [5.74, 6) is 0. The molecule has 1 heterocycles. The summed E-state index contributed by atoms with van der Waals surface area (Å²) in [7, 11) is 0. The lowest BCUT2D eigenvalue weighted by atomic mass is 10.6. The monoisotopic (exact) mass is 456 g/mol. The SMILES string of the molecule is CCOP(=S)(OCC)S[C@@H]1OCCO[C@H]1SP(=S)(OCC)OCC. The molecule has 2 atom stereocenters. The van der Waals surface area contributed by atoms with E-state index in [0.717, 1.165) is 0 Å². The van der Waals surface area contributed by atoms with E-state index in [1.54, 1.807) is 0 Å². The Kier molecular flexibility index (Phi) is 12.2. The highest BCUT2D eigenvalue weighted by Gasteiger charge is 2.38. The molecule has 144 valence electrons. The lowest BCUT2D eigenvalue weighted by Gasteiger charge is -2.35. The summed E-state index contributed by atoms with van der Waals surface area (Å²) < 4.78 is 34.5. The zero-order valence-corrected chi connectivity index (χ0v) is 19.4. The van der Waals surface area contributed by atoms with Gasteiger partial charge in [0.1, 0.15) is 10.9 Å². The maximum Gasteiger partial charge on any atom is 0.249 e. The van der Waals surface area contributed by atoms with E-state index in [-0.39, 0.29) is 10.9 Å². The van der Waals surface area contributed by atoms with E-state index < -0.39 is 11.4 Å². The lowest BCUT2D eigenvalue weighted by molar-refractivity contribution is -0.0654. The Morgan fingerprint density at radius 2 is 1.04 bits per heavy atom. The van der Waals surface area contributed by atoms with Crippen LogP contribution in [0.3, 0.4) is 0 Å². The molecule has 0 unspecified atom stereocenters. The molecule has 0 amide bonds. The van der Waals surface area contributed by atoms with Crippen molar-refractivity contribution in [3.8, 4) is 0 Å². The van der Waals surface area contributed by atoms with Gasteiger partial charge in [-0.2, -0.15) is 0 Å². The largest absolute Gasteiger partial charge is 0.361 e. The van der Waals surface area contributed by atoms with Crippen LogP contribution in [-0.2, 0) is 51.2 Å². The standard InChI is InChI=1S/C12H26O6P2S4/c1-5-15-19(21,16-6-2)23-11-12(14-10-9-13-11)24-20(22,17-7-3)18-8-4/h11-12H,5-10H2,1-4H3/t11-,12-/m0/s1. The van der Waals surface area contributed by atoms with Crippen LogP contribution < -0.4 is 0 Å². The molecule has 12 heteroatoms. The first-order valence-electron chi connectivity index (χ1n) is 7.80. The maximum absolute atomic E-state index is 5.86. The van der Waals surface area contributed by atoms with Crippen LogP contribution >= 0.6 is 34.2 Å². The fraction of sp³-hybridized carbons (Fsp3) is 1.00. The highest BCUT2D eigenvalue weighted by molar-refractivity contribution is 8.69. The molecule has 1 aliphatic heterocycles. The minimum absolute atomic E-state index is 0.337. The topological polar surface area (TPSA) is 55.4 Å². The van der Waals surface area contributed by atoms with E-state index in [1.165, 1.54) is 22.8 Å². The van der Waals surface area contributed by atoms with E-state index in [1.807, 2.05) is 27.7 Å². The number of hydrogen-bond acceptors (Lipinski definition) is 10. The highest BCUT2D eigenvalue weighted by Crippen LogP contribution is 2.68. The Morgan fingerprint density at radius 1 is 0.750 bits per heavy atom. The summed E-state index contributed by atoms with van der Waals surface area (Å²) in [4.78, 5) is 0. The summed E-state index contributed by atoms with van der Waals surface area (Å²) in [6.07, 6.45) is 0. The van der Waals surface area contributed by atoms with E-state index in [9.17, 15) is 0 Å². The van der Waals surface area contributed by atoms with Gasteiger partial charge in [0.2, 0.25) is 11.4 Å². The Bertz CT molecular complexity index is 395. The van der Waals surface area contributed by atoms with Gasteiger partial charge in [-0.05, 0) is 74.1 Å². The predicted molar refractivity (Wildman–Crippen MR) is 110 cm³/mol. The summed E-state index contributed by atoms with van der Waals surface area (Å²) in [6, 6.07) is 0. The highest BCUT2D eigenvalue weighted by atomic mass is 32.9. The van der Waals surface area contributed by atoms with Gasteiger partial charge in [0.25, 0.3) is 0 Å². The zero-order valence-electron chi connectivity index (χ0n) is 14.4. The van der Waals surface area contributed by atoms with Crippen molar-refractivity contribution < 1.29 is 27.6 Å². The molecule has 0 aromatic heterocycles. The van der Waals surface area contributed by atoms with Crippen LogP contribution in [0.4, 0.5) is 0 Å². The molecular formula is C12H26O6P2S4. The molecule has 0 aliphatic carbocycles. The first-order valence-corrected chi connectivity index (χ1v) is 16.0. The van der Waals surface area contributed by atoms with Crippen molar-refractivity contribution in [1.82, 2.24) is 0 Å². The van der Waals surface area contributed by atoms with Crippen LogP contribution in [0.25, 0.3) is 0 Å². The van der Waals surface area contributed by atoms with Crippen molar-refractivity contribution in [1.29, 1.82) is 0 Å². The lowest BCUT2D eigenvalue weighted by Crippen LogP contribution is -2.34. The summed E-state index contributed by atoms with van der Waals surface area (Å²) in [6.45, 7) is 10.5. The van der Waals surface area contributed by atoms with Gasteiger partial charge in [-0.25, -0.2) is 0 Å². The molecule has 1 rings (SSSR count). The second-order valence-corrected chi connectivity index (χ2v) is 16.8. The number of rotatable bonds is 12. The van der Waals surface area contributed by atoms with Crippen LogP contribution in [0.5, 0.6) is 0 Å². The molecule has 0 radical (unpaired) electrons. The molecule has 0 bridgehead atoms. The van der Waals surface area contributed by atoms with E-state index in [4.69, 9.17) is 51.2 Å². The van der Waals surface area contributed by atoms with Crippen molar-refractivity contribution in [2.45, 2.75) is 38.6 Å². The molecular weight excluding hydrogens is 430 g/mol. The Balaban J connectivity index is 2.83. The molecule has 1 fully saturated rings. The summed E-state index contributed by atoms with van der Waals surface area (Å²) in [5, 5.41) is 0. The van der Waals surface area contributed by atoms with Gasteiger partial charge in [0.05, 0.1) is 39.6 Å². The average Bonchev–Trinajstić information content (AvgIpc) is 2.50. The van der Waals surface area contributed by atoms with Gasteiger partial charge in [-0.1, -0.05) is 0 Å². The minimum atomic E-state index is -2.49. The van der Waals surface area contributed by atoms with Gasteiger partial charge >= 0.3 is 0 Å². The van der Waals surface area contributed by atoms with Crippen LogP contribution in [0.15, 0.2) is 0 Å². The Hall–Kier alpha value is 1.76. The van der Waals surface area contributed by atoms with Crippen molar-refractivity contribution in [3.63, 3.8) is 0 Å². The van der Waals surface area contributed by atoms with Gasteiger partial charge in [0, 0.05) is 0 Å². The Morgan fingerprint density at radius 3 is 1.29 bits per heavy atom. The number of hydrogen-bond donors (Lipinski definition) is 0. The Labute approximate surface area is 163 Å². The third-order valence-electron chi connectivity index (χ3n) is 2.48. The predicted octanol–water partition coefficient (Wildman–Crippen LogP) is 4.75. The molecule has 0 aromatic carbocycles. The molecule has 0 saturated carbocycles. The van der Waals surface area contributed by atoms with Crippen LogP contribution in [0.1, 0.15) is 27.7 Å². The van der Waals surface area contributed by atoms with Crippen LogP contribution in [-0.4, -0.2) is 50.5 Å². The van der Waals surface area contributed by atoms with Crippen molar-refractivity contribution in [2.24, 2.45) is 0 Å². The third kappa shape index (κ3) is 8.19. The molecule has 6 nitrogen and oxygen atoms in total. The smallest absolute Gasteiger partial charge is 0.249 e. The van der Waals surface area contributed by atoms with Crippen molar-refractivity contribution in [2.75, 3.05) is 39.6 Å². The normalized spacial score (nSPS) is 22.7.